The molecule has 13 heavy (non-hydrogen) atoms. The van der Waals surface area contributed by atoms with Gasteiger partial charge in [-0.1, -0.05) is 30.3 Å². The number of rotatable bonds is 2. The lowest BCUT2D eigenvalue weighted by atomic mass is 10.2. The van der Waals surface area contributed by atoms with E-state index in [4.69, 9.17) is 4.42 Å². The third kappa shape index (κ3) is 2.06. The highest BCUT2D eigenvalue weighted by Gasteiger charge is 1.88. The van der Waals surface area contributed by atoms with E-state index in [-0.39, 0.29) is 0 Å². The molecule has 0 N–H and O–H groups in total. The minimum Gasteiger partial charge on any atom is -0.445 e. The van der Waals surface area contributed by atoms with Gasteiger partial charge in [0.25, 0.3) is 0 Å². The average Bonchev–Trinajstić information content (AvgIpc) is 2.69. The van der Waals surface area contributed by atoms with Crippen LogP contribution in [0.15, 0.2) is 47.2 Å². The Labute approximate surface area is 76.5 Å². The predicted octanol–water partition coefficient (Wildman–Crippen LogP) is 2.85. The minimum absolute atomic E-state index is 0.629. The third-order valence-corrected chi connectivity index (χ3v) is 1.67. The van der Waals surface area contributed by atoms with Crippen molar-refractivity contribution in [2.45, 2.75) is 0 Å². The molecule has 0 aliphatic heterocycles. The molecule has 2 heteroatoms. The van der Waals surface area contributed by atoms with E-state index in [9.17, 15) is 0 Å². The topological polar surface area (TPSA) is 26.0 Å². The van der Waals surface area contributed by atoms with Crippen LogP contribution in [0.4, 0.5) is 0 Å². The van der Waals surface area contributed by atoms with Crippen molar-refractivity contribution in [2.75, 3.05) is 0 Å². The fourth-order valence-corrected chi connectivity index (χ4v) is 1.05. The smallest absolute Gasteiger partial charge is 0.218 e. The SMILES string of the molecule is C(=C/c1ncco1)/c1ccccc1. The van der Waals surface area contributed by atoms with E-state index < -0.39 is 0 Å². The van der Waals surface area contributed by atoms with E-state index in [2.05, 4.69) is 4.98 Å². The Kier molecular flexibility index (Phi) is 2.23. The van der Waals surface area contributed by atoms with Gasteiger partial charge in [-0.05, 0) is 11.6 Å². The lowest BCUT2D eigenvalue weighted by Gasteiger charge is -1.88. The Bertz CT molecular complexity index is 376. The highest BCUT2D eigenvalue weighted by molar-refractivity contribution is 5.65. The molecular formula is C11H9NO. The summed E-state index contributed by atoms with van der Waals surface area (Å²) in [5.74, 6) is 0.629. The minimum atomic E-state index is 0.629. The Balaban J connectivity index is 2.15. The van der Waals surface area contributed by atoms with E-state index in [1.54, 1.807) is 12.5 Å². The van der Waals surface area contributed by atoms with Crippen molar-refractivity contribution in [2.24, 2.45) is 0 Å². The zero-order chi connectivity index (χ0) is 8.93. The maximum absolute atomic E-state index is 5.06. The van der Waals surface area contributed by atoms with Crippen LogP contribution in [0, 0.1) is 0 Å². The van der Waals surface area contributed by atoms with Crippen molar-refractivity contribution in [3.8, 4) is 0 Å². The molecule has 0 aliphatic rings. The largest absolute Gasteiger partial charge is 0.445 e. The predicted molar refractivity (Wildman–Crippen MR) is 51.9 cm³/mol. The maximum atomic E-state index is 5.06. The van der Waals surface area contributed by atoms with Gasteiger partial charge in [0.1, 0.15) is 6.26 Å². The number of hydrogen-bond acceptors (Lipinski definition) is 2. The Morgan fingerprint density at radius 2 is 1.92 bits per heavy atom. The molecule has 0 saturated carbocycles. The molecule has 2 nitrogen and oxygen atoms in total. The van der Waals surface area contributed by atoms with E-state index >= 15 is 0 Å². The van der Waals surface area contributed by atoms with Gasteiger partial charge >= 0.3 is 0 Å². The summed E-state index contributed by atoms with van der Waals surface area (Å²) in [4.78, 5) is 3.98. The molecule has 0 amide bonds. The summed E-state index contributed by atoms with van der Waals surface area (Å²) in [7, 11) is 0. The van der Waals surface area contributed by atoms with Gasteiger partial charge in [-0.3, -0.25) is 0 Å². The molecule has 0 unspecified atom stereocenters. The standard InChI is InChI=1S/C11H9NO/c1-2-4-10(5-3-1)6-7-11-12-8-9-13-11/h1-9H/b7-6-. The highest BCUT2D eigenvalue weighted by atomic mass is 16.3. The lowest BCUT2D eigenvalue weighted by molar-refractivity contribution is 0.547. The first-order valence-corrected chi connectivity index (χ1v) is 4.08. The normalized spacial score (nSPS) is 10.8. The molecule has 0 fully saturated rings. The molecule has 1 aromatic heterocycles. The van der Waals surface area contributed by atoms with Gasteiger partial charge in [0, 0.05) is 6.08 Å². The van der Waals surface area contributed by atoms with Gasteiger partial charge in [0.15, 0.2) is 0 Å². The molecule has 1 heterocycles. The number of aromatic nitrogens is 1. The zero-order valence-electron chi connectivity index (χ0n) is 7.05. The fraction of sp³-hybridized carbons (Fsp3) is 0. The number of oxazole rings is 1. The van der Waals surface area contributed by atoms with E-state index in [0.29, 0.717) is 5.89 Å². The number of benzene rings is 1. The molecule has 2 aromatic rings. The summed E-state index contributed by atoms with van der Waals surface area (Å²) >= 11 is 0. The monoisotopic (exact) mass is 171 g/mol. The van der Waals surface area contributed by atoms with Crippen LogP contribution in [0.3, 0.4) is 0 Å². The maximum Gasteiger partial charge on any atom is 0.218 e. The van der Waals surface area contributed by atoms with E-state index in [1.165, 1.54) is 0 Å². The van der Waals surface area contributed by atoms with Crippen LogP contribution in [0.2, 0.25) is 0 Å². The van der Waals surface area contributed by atoms with Crippen LogP contribution >= 0.6 is 0 Å². The Hall–Kier alpha value is -1.83. The van der Waals surface area contributed by atoms with Crippen LogP contribution in [-0.4, -0.2) is 4.98 Å². The zero-order valence-corrected chi connectivity index (χ0v) is 7.05. The second-order valence-corrected chi connectivity index (χ2v) is 2.61. The lowest BCUT2D eigenvalue weighted by Crippen LogP contribution is -1.70. The summed E-state index contributed by atoms with van der Waals surface area (Å²) in [6, 6.07) is 10.0. The molecule has 64 valence electrons. The van der Waals surface area contributed by atoms with Gasteiger partial charge in [0.05, 0.1) is 6.20 Å². The summed E-state index contributed by atoms with van der Waals surface area (Å²) in [6.45, 7) is 0. The summed E-state index contributed by atoms with van der Waals surface area (Å²) in [5.41, 5.74) is 1.14. The van der Waals surface area contributed by atoms with Crippen molar-refractivity contribution in [3.05, 3.63) is 54.2 Å². The summed E-state index contributed by atoms with van der Waals surface area (Å²) in [5, 5.41) is 0. The molecule has 0 saturated heterocycles. The second-order valence-electron chi connectivity index (χ2n) is 2.61. The molecule has 2 rings (SSSR count). The van der Waals surface area contributed by atoms with Crippen LogP contribution < -0.4 is 0 Å². The van der Waals surface area contributed by atoms with Crippen LogP contribution in [-0.2, 0) is 0 Å². The first-order valence-electron chi connectivity index (χ1n) is 4.08. The summed E-state index contributed by atoms with van der Waals surface area (Å²) in [6.07, 6.45) is 7.00. The first-order chi connectivity index (χ1) is 6.45. The molecular weight excluding hydrogens is 162 g/mol. The highest BCUT2D eigenvalue weighted by Crippen LogP contribution is 2.05. The fourth-order valence-electron chi connectivity index (χ4n) is 1.05. The molecule has 0 atom stereocenters. The van der Waals surface area contributed by atoms with Gasteiger partial charge < -0.3 is 4.42 Å². The van der Waals surface area contributed by atoms with Crippen molar-refractivity contribution < 1.29 is 4.42 Å². The Morgan fingerprint density at radius 1 is 1.08 bits per heavy atom. The van der Waals surface area contributed by atoms with Crippen molar-refractivity contribution in [1.82, 2.24) is 4.98 Å². The van der Waals surface area contributed by atoms with Crippen molar-refractivity contribution in [3.63, 3.8) is 0 Å². The van der Waals surface area contributed by atoms with Gasteiger partial charge in [-0.2, -0.15) is 0 Å². The molecule has 1 aromatic carbocycles. The van der Waals surface area contributed by atoms with E-state index in [1.807, 2.05) is 42.5 Å². The Morgan fingerprint density at radius 3 is 2.62 bits per heavy atom. The van der Waals surface area contributed by atoms with Crippen molar-refractivity contribution >= 4 is 12.2 Å². The van der Waals surface area contributed by atoms with Crippen LogP contribution in [0.5, 0.6) is 0 Å². The molecule has 0 radical (unpaired) electrons. The average molecular weight is 171 g/mol. The van der Waals surface area contributed by atoms with Gasteiger partial charge in [0.2, 0.25) is 5.89 Å². The quantitative estimate of drug-likeness (QED) is 0.694. The first kappa shape index (κ1) is 7.80. The second kappa shape index (κ2) is 3.72. The number of nitrogens with zero attached hydrogens (tertiary/aromatic N) is 1. The van der Waals surface area contributed by atoms with Gasteiger partial charge in [-0.15, -0.1) is 0 Å². The molecule has 0 bridgehead atoms. The summed E-state index contributed by atoms with van der Waals surface area (Å²) < 4.78 is 5.06. The van der Waals surface area contributed by atoms with E-state index in [0.717, 1.165) is 5.56 Å². The van der Waals surface area contributed by atoms with Crippen molar-refractivity contribution in [1.29, 1.82) is 0 Å². The van der Waals surface area contributed by atoms with Gasteiger partial charge in [-0.25, -0.2) is 4.98 Å². The molecule has 0 aliphatic carbocycles. The third-order valence-electron chi connectivity index (χ3n) is 1.67. The number of hydrogen-bond donors (Lipinski definition) is 0. The van der Waals surface area contributed by atoms with Crippen LogP contribution in [0.25, 0.3) is 12.2 Å². The van der Waals surface area contributed by atoms with Crippen LogP contribution in [0.1, 0.15) is 11.5 Å². The molecule has 0 spiro atoms.